The van der Waals surface area contributed by atoms with Crippen LogP contribution in [0.4, 0.5) is 5.82 Å². The quantitative estimate of drug-likeness (QED) is 0.816. The largest absolute Gasteiger partial charge is 0.352 e. The zero-order valence-corrected chi connectivity index (χ0v) is 13.8. The summed E-state index contributed by atoms with van der Waals surface area (Å²) in [4.78, 5) is 7.31. The van der Waals surface area contributed by atoms with Crippen molar-refractivity contribution in [2.45, 2.75) is 46.2 Å². The number of nitrogens with zero attached hydrogens (tertiary/aromatic N) is 2. The van der Waals surface area contributed by atoms with E-state index in [0.29, 0.717) is 6.04 Å². The number of aryl methyl sites for hydroxylation is 1. The Labute approximate surface area is 127 Å². The van der Waals surface area contributed by atoms with Gasteiger partial charge in [0.25, 0.3) is 0 Å². The summed E-state index contributed by atoms with van der Waals surface area (Å²) in [5, 5.41) is 3.49. The standard InChI is InChI=1S/C16H27N3S/c1-4-6-17-11-14-9-15(5-2)18-16(10-14)19-7-8-20-12-13(19)3/h9-10,13,17H,4-8,11-12H2,1-3H3. The average Bonchev–Trinajstić information content (AvgIpc) is 2.47. The number of rotatable bonds is 6. The van der Waals surface area contributed by atoms with Crippen LogP contribution >= 0.6 is 11.8 Å². The van der Waals surface area contributed by atoms with E-state index >= 15 is 0 Å². The molecule has 4 heteroatoms. The molecule has 1 aliphatic heterocycles. The van der Waals surface area contributed by atoms with Crippen molar-refractivity contribution in [1.29, 1.82) is 0 Å². The molecule has 112 valence electrons. The zero-order chi connectivity index (χ0) is 14.4. The van der Waals surface area contributed by atoms with Crippen LogP contribution in [0.25, 0.3) is 0 Å². The van der Waals surface area contributed by atoms with Crippen LogP contribution in [0.15, 0.2) is 12.1 Å². The minimum atomic E-state index is 0.588. The van der Waals surface area contributed by atoms with Gasteiger partial charge in [-0.25, -0.2) is 4.98 Å². The van der Waals surface area contributed by atoms with Gasteiger partial charge in [0.05, 0.1) is 0 Å². The summed E-state index contributed by atoms with van der Waals surface area (Å²) in [6.45, 7) is 9.85. The zero-order valence-electron chi connectivity index (χ0n) is 13.0. The van der Waals surface area contributed by atoms with E-state index in [4.69, 9.17) is 4.98 Å². The summed E-state index contributed by atoms with van der Waals surface area (Å²) in [7, 11) is 0. The molecule has 2 heterocycles. The summed E-state index contributed by atoms with van der Waals surface area (Å²) < 4.78 is 0. The Morgan fingerprint density at radius 3 is 2.95 bits per heavy atom. The second kappa shape index (κ2) is 7.89. The van der Waals surface area contributed by atoms with Crippen LogP contribution in [0.3, 0.4) is 0 Å². The van der Waals surface area contributed by atoms with Crippen molar-refractivity contribution in [3.63, 3.8) is 0 Å². The Bertz CT molecular complexity index is 422. The van der Waals surface area contributed by atoms with E-state index in [-0.39, 0.29) is 0 Å². The van der Waals surface area contributed by atoms with E-state index in [2.05, 4.69) is 54.9 Å². The molecular weight excluding hydrogens is 266 g/mol. The predicted octanol–water partition coefficient (Wildman–Crippen LogP) is 3.09. The average molecular weight is 293 g/mol. The monoisotopic (exact) mass is 293 g/mol. The Hall–Kier alpha value is -0.740. The van der Waals surface area contributed by atoms with Crippen LogP contribution < -0.4 is 10.2 Å². The molecule has 0 aromatic carbocycles. The van der Waals surface area contributed by atoms with Gasteiger partial charge in [0.2, 0.25) is 0 Å². The molecule has 0 radical (unpaired) electrons. The van der Waals surface area contributed by atoms with Crippen LogP contribution in [0.1, 0.15) is 38.4 Å². The summed E-state index contributed by atoms with van der Waals surface area (Å²) in [6.07, 6.45) is 2.19. The fraction of sp³-hybridized carbons (Fsp3) is 0.688. The molecule has 0 saturated carbocycles. The third kappa shape index (κ3) is 4.13. The van der Waals surface area contributed by atoms with Crippen molar-refractivity contribution < 1.29 is 0 Å². The molecule has 1 aliphatic rings. The van der Waals surface area contributed by atoms with Crippen LogP contribution in [-0.2, 0) is 13.0 Å². The molecule has 20 heavy (non-hydrogen) atoms. The Kier molecular flexibility index (Phi) is 6.17. The minimum absolute atomic E-state index is 0.588. The number of aromatic nitrogens is 1. The molecule has 0 bridgehead atoms. The lowest BCUT2D eigenvalue weighted by atomic mass is 10.1. The number of thioether (sulfide) groups is 1. The molecule has 1 saturated heterocycles. The molecule has 0 spiro atoms. The van der Waals surface area contributed by atoms with Crippen LogP contribution in [0.2, 0.25) is 0 Å². The number of pyridine rings is 1. The highest BCUT2D eigenvalue weighted by atomic mass is 32.2. The fourth-order valence-corrected chi connectivity index (χ4v) is 3.55. The van der Waals surface area contributed by atoms with E-state index in [1.54, 1.807) is 0 Å². The van der Waals surface area contributed by atoms with Crippen molar-refractivity contribution in [3.8, 4) is 0 Å². The summed E-state index contributed by atoms with van der Waals surface area (Å²) in [5.74, 6) is 3.60. The Morgan fingerprint density at radius 2 is 2.25 bits per heavy atom. The molecule has 2 rings (SSSR count). The third-order valence-corrected chi connectivity index (χ3v) is 4.89. The molecule has 0 amide bonds. The van der Waals surface area contributed by atoms with Crippen LogP contribution in [0, 0.1) is 0 Å². The SMILES string of the molecule is CCCNCc1cc(CC)nc(N2CCSCC2C)c1. The molecule has 1 aromatic rings. The Balaban J connectivity index is 2.16. The molecule has 1 aromatic heterocycles. The van der Waals surface area contributed by atoms with Crippen molar-refractivity contribution in [1.82, 2.24) is 10.3 Å². The third-order valence-electron chi connectivity index (χ3n) is 3.70. The molecule has 0 aliphatic carbocycles. The molecule has 1 fully saturated rings. The van der Waals surface area contributed by atoms with Crippen molar-refractivity contribution in [2.75, 3.05) is 29.5 Å². The molecular formula is C16H27N3S. The number of hydrogen-bond donors (Lipinski definition) is 1. The van der Waals surface area contributed by atoms with Crippen LogP contribution in [0.5, 0.6) is 0 Å². The molecule has 3 nitrogen and oxygen atoms in total. The molecule has 1 unspecified atom stereocenters. The molecule has 1 atom stereocenters. The van der Waals surface area contributed by atoms with Gasteiger partial charge in [-0.3, -0.25) is 0 Å². The summed E-state index contributed by atoms with van der Waals surface area (Å²) >= 11 is 2.05. The number of anilines is 1. The van der Waals surface area contributed by atoms with E-state index in [0.717, 1.165) is 26.1 Å². The first kappa shape index (κ1) is 15.6. The van der Waals surface area contributed by atoms with Gasteiger partial charge in [0.15, 0.2) is 0 Å². The highest BCUT2D eigenvalue weighted by molar-refractivity contribution is 7.99. The van der Waals surface area contributed by atoms with Gasteiger partial charge in [0, 0.05) is 36.3 Å². The second-order valence-corrected chi connectivity index (χ2v) is 6.62. The normalized spacial score (nSPS) is 19.4. The maximum atomic E-state index is 4.84. The first-order valence-electron chi connectivity index (χ1n) is 7.79. The fourth-order valence-electron chi connectivity index (χ4n) is 2.54. The maximum absolute atomic E-state index is 4.84. The van der Waals surface area contributed by atoms with Gasteiger partial charge < -0.3 is 10.2 Å². The first-order chi connectivity index (χ1) is 9.74. The summed E-state index contributed by atoms with van der Waals surface area (Å²) in [5.41, 5.74) is 2.58. The molecule has 1 N–H and O–H groups in total. The van der Waals surface area contributed by atoms with Crippen LogP contribution in [-0.4, -0.2) is 35.6 Å². The lowest BCUT2D eigenvalue weighted by molar-refractivity contribution is 0.666. The van der Waals surface area contributed by atoms with Gasteiger partial charge in [-0.1, -0.05) is 13.8 Å². The van der Waals surface area contributed by atoms with Gasteiger partial charge in [0.1, 0.15) is 5.82 Å². The van der Waals surface area contributed by atoms with E-state index in [1.807, 2.05) is 0 Å². The number of nitrogens with one attached hydrogen (secondary N) is 1. The van der Waals surface area contributed by atoms with Crippen molar-refractivity contribution in [3.05, 3.63) is 23.4 Å². The van der Waals surface area contributed by atoms with Gasteiger partial charge >= 0.3 is 0 Å². The van der Waals surface area contributed by atoms with E-state index < -0.39 is 0 Å². The van der Waals surface area contributed by atoms with Crippen molar-refractivity contribution >= 4 is 17.6 Å². The minimum Gasteiger partial charge on any atom is -0.352 e. The Morgan fingerprint density at radius 1 is 1.40 bits per heavy atom. The first-order valence-corrected chi connectivity index (χ1v) is 8.95. The van der Waals surface area contributed by atoms with Gasteiger partial charge in [-0.2, -0.15) is 11.8 Å². The highest BCUT2D eigenvalue weighted by Gasteiger charge is 2.20. The summed E-state index contributed by atoms with van der Waals surface area (Å²) in [6, 6.07) is 5.11. The lowest BCUT2D eigenvalue weighted by Gasteiger charge is -2.34. The lowest BCUT2D eigenvalue weighted by Crippen LogP contribution is -2.41. The predicted molar refractivity (Wildman–Crippen MR) is 89.7 cm³/mol. The van der Waals surface area contributed by atoms with E-state index in [1.165, 1.54) is 35.0 Å². The number of hydrogen-bond acceptors (Lipinski definition) is 4. The topological polar surface area (TPSA) is 28.2 Å². The van der Waals surface area contributed by atoms with Gasteiger partial charge in [-0.05, 0) is 44.0 Å². The van der Waals surface area contributed by atoms with E-state index in [9.17, 15) is 0 Å². The van der Waals surface area contributed by atoms with Gasteiger partial charge in [-0.15, -0.1) is 0 Å². The van der Waals surface area contributed by atoms with Crippen molar-refractivity contribution in [2.24, 2.45) is 0 Å². The maximum Gasteiger partial charge on any atom is 0.129 e. The second-order valence-electron chi connectivity index (χ2n) is 5.47. The highest BCUT2D eigenvalue weighted by Crippen LogP contribution is 2.24. The smallest absolute Gasteiger partial charge is 0.129 e.